The van der Waals surface area contributed by atoms with Gasteiger partial charge in [-0.25, -0.2) is 4.79 Å². The standard InChI is InChI=1S/C17H21BrN2O4/c1-11(18)10-14(17(23)24)20-16(22)9-8-15(21)19-12(2)13-6-4-3-5-7-13/h3-7,12,14H,1,8-10H2,2H3,(H,19,21)(H,20,22)(H,23,24)/t12-,14+/m1/s1. The summed E-state index contributed by atoms with van der Waals surface area (Å²) in [6.45, 7) is 5.41. The van der Waals surface area contributed by atoms with E-state index in [2.05, 4.69) is 33.1 Å². The molecule has 7 heteroatoms. The molecule has 0 aromatic heterocycles. The SMILES string of the molecule is C=C(Br)C[C@H](NC(=O)CCC(=O)N[C@H](C)c1ccccc1)C(=O)O. The van der Waals surface area contributed by atoms with Gasteiger partial charge in [-0.05, 0) is 17.0 Å². The van der Waals surface area contributed by atoms with Crippen LogP contribution in [0.15, 0.2) is 41.4 Å². The highest BCUT2D eigenvalue weighted by atomic mass is 79.9. The van der Waals surface area contributed by atoms with Gasteiger partial charge in [0.25, 0.3) is 0 Å². The van der Waals surface area contributed by atoms with Gasteiger partial charge in [0.2, 0.25) is 11.8 Å². The number of hydrogen-bond acceptors (Lipinski definition) is 3. The van der Waals surface area contributed by atoms with E-state index in [0.717, 1.165) is 5.56 Å². The first-order valence-electron chi connectivity index (χ1n) is 7.49. The van der Waals surface area contributed by atoms with Gasteiger partial charge in [0, 0.05) is 19.3 Å². The topological polar surface area (TPSA) is 95.5 Å². The monoisotopic (exact) mass is 396 g/mol. The van der Waals surface area contributed by atoms with E-state index < -0.39 is 17.9 Å². The zero-order chi connectivity index (χ0) is 18.1. The number of carbonyl (C=O) groups excluding carboxylic acids is 2. The van der Waals surface area contributed by atoms with Gasteiger partial charge in [-0.1, -0.05) is 52.8 Å². The Balaban J connectivity index is 2.41. The minimum Gasteiger partial charge on any atom is -0.480 e. The smallest absolute Gasteiger partial charge is 0.326 e. The fourth-order valence-corrected chi connectivity index (χ4v) is 2.38. The van der Waals surface area contributed by atoms with E-state index >= 15 is 0 Å². The number of aliphatic carboxylic acids is 1. The third-order valence-corrected chi connectivity index (χ3v) is 3.64. The van der Waals surface area contributed by atoms with Crippen molar-refractivity contribution >= 4 is 33.7 Å². The number of carboxylic acids is 1. The van der Waals surface area contributed by atoms with Crippen LogP contribution in [0.25, 0.3) is 0 Å². The highest BCUT2D eigenvalue weighted by Gasteiger charge is 2.20. The summed E-state index contributed by atoms with van der Waals surface area (Å²) < 4.78 is 0.477. The molecule has 0 bridgehead atoms. The summed E-state index contributed by atoms with van der Waals surface area (Å²) in [4.78, 5) is 34.8. The van der Waals surface area contributed by atoms with Crippen LogP contribution < -0.4 is 10.6 Å². The molecule has 0 heterocycles. The molecular formula is C17H21BrN2O4. The Labute approximate surface area is 149 Å². The van der Waals surface area contributed by atoms with E-state index in [4.69, 9.17) is 5.11 Å². The molecule has 0 unspecified atom stereocenters. The van der Waals surface area contributed by atoms with Crippen LogP contribution in [0, 0.1) is 0 Å². The summed E-state index contributed by atoms with van der Waals surface area (Å²) in [6, 6.07) is 8.25. The molecule has 1 aromatic rings. The van der Waals surface area contributed by atoms with E-state index in [-0.39, 0.29) is 31.2 Å². The maximum Gasteiger partial charge on any atom is 0.326 e. The molecule has 0 aliphatic rings. The van der Waals surface area contributed by atoms with Crippen molar-refractivity contribution in [2.24, 2.45) is 0 Å². The van der Waals surface area contributed by atoms with E-state index in [0.29, 0.717) is 4.48 Å². The number of benzene rings is 1. The molecule has 0 spiro atoms. The minimum atomic E-state index is -1.15. The predicted molar refractivity (Wildman–Crippen MR) is 94.5 cm³/mol. The first kappa shape index (κ1) is 19.9. The van der Waals surface area contributed by atoms with Crippen LogP contribution in [0.1, 0.15) is 37.8 Å². The Hall–Kier alpha value is -2.15. The van der Waals surface area contributed by atoms with Gasteiger partial charge in [-0.3, -0.25) is 9.59 Å². The van der Waals surface area contributed by atoms with Crippen molar-refractivity contribution in [2.75, 3.05) is 0 Å². The molecule has 2 amide bonds. The zero-order valence-electron chi connectivity index (χ0n) is 13.4. The van der Waals surface area contributed by atoms with E-state index in [1.807, 2.05) is 37.3 Å². The largest absolute Gasteiger partial charge is 0.480 e. The average molecular weight is 397 g/mol. The first-order valence-corrected chi connectivity index (χ1v) is 8.28. The molecule has 0 aliphatic carbocycles. The van der Waals surface area contributed by atoms with Crippen molar-refractivity contribution in [1.29, 1.82) is 0 Å². The van der Waals surface area contributed by atoms with E-state index in [1.165, 1.54) is 0 Å². The number of amides is 2. The van der Waals surface area contributed by atoms with Gasteiger partial charge >= 0.3 is 5.97 Å². The Bertz CT molecular complexity index is 604. The van der Waals surface area contributed by atoms with Crippen molar-refractivity contribution in [3.63, 3.8) is 0 Å². The number of carbonyl (C=O) groups is 3. The number of halogens is 1. The highest BCUT2D eigenvalue weighted by Crippen LogP contribution is 2.12. The fraction of sp³-hybridized carbons (Fsp3) is 0.353. The lowest BCUT2D eigenvalue weighted by atomic mass is 10.1. The zero-order valence-corrected chi connectivity index (χ0v) is 15.0. The molecule has 1 aromatic carbocycles. The lowest BCUT2D eigenvalue weighted by molar-refractivity contribution is -0.141. The Kier molecular flexibility index (Phi) is 8.18. The van der Waals surface area contributed by atoms with Crippen molar-refractivity contribution in [1.82, 2.24) is 10.6 Å². The lowest BCUT2D eigenvalue weighted by Gasteiger charge is -2.15. The van der Waals surface area contributed by atoms with Crippen LogP contribution >= 0.6 is 15.9 Å². The van der Waals surface area contributed by atoms with Gasteiger partial charge in [-0.15, -0.1) is 0 Å². The molecule has 24 heavy (non-hydrogen) atoms. The van der Waals surface area contributed by atoms with Crippen LogP contribution in [0.4, 0.5) is 0 Å². The Morgan fingerprint density at radius 1 is 1.12 bits per heavy atom. The van der Waals surface area contributed by atoms with Gasteiger partial charge in [0.05, 0.1) is 6.04 Å². The van der Waals surface area contributed by atoms with Crippen LogP contribution in [-0.2, 0) is 14.4 Å². The third-order valence-electron chi connectivity index (χ3n) is 3.32. The summed E-state index contributed by atoms with van der Waals surface area (Å²) >= 11 is 3.07. The second-order valence-electron chi connectivity index (χ2n) is 5.38. The number of nitrogens with one attached hydrogen (secondary N) is 2. The average Bonchev–Trinajstić information content (AvgIpc) is 2.52. The van der Waals surface area contributed by atoms with Crippen LogP contribution in [-0.4, -0.2) is 28.9 Å². The van der Waals surface area contributed by atoms with Crippen molar-refractivity contribution < 1.29 is 19.5 Å². The Morgan fingerprint density at radius 2 is 1.67 bits per heavy atom. The predicted octanol–water partition coefficient (Wildman–Crippen LogP) is 2.51. The molecule has 130 valence electrons. The van der Waals surface area contributed by atoms with Gasteiger partial charge in [0.1, 0.15) is 6.04 Å². The summed E-state index contributed by atoms with van der Waals surface area (Å²) in [5.41, 5.74) is 0.970. The van der Waals surface area contributed by atoms with Crippen LogP contribution in [0.2, 0.25) is 0 Å². The molecule has 0 radical (unpaired) electrons. The molecule has 0 aliphatic heterocycles. The van der Waals surface area contributed by atoms with E-state index in [9.17, 15) is 14.4 Å². The molecule has 3 N–H and O–H groups in total. The number of hydrogen-bond donors (Lipinski definition) is 3. The fourth-order valence-electron chi connectivity index (χ4n) is 2.05. The van der Waals surface area contributed by atoms with Crippen molar-refractivity contribution in [3.05, 3.63) is 47.0 Å². The lowest BCUT2D eigenvalue weighted by Crippen LogP contribution is -2.41. The molecule has 6 nitrogen and oxygen atoms in total. The van der Waals surface area contributed by atoms with Crippen molar-refractivity contribution in [2.45, 2.75) is 38.3 Å². The second-order valence-corrected chi connectivity index (χ2v) is 6.50. The Morgan fingerprint density at radius 3 is 2.17 bits per heavy atom. The first-order chi connectivity index (χ1) is 11.3. The third kappa shape index (κ3) is 7.41. The summed E-state index contributed by atoms with van der Waals surface area (Å²) in [5.74, 6) is -1.90. The maximum absolute atomic E-state index is 11.9. The molecule has 0 saturated heterocycles. The van der Waals surface area contributed by atoms with Crippen molar-refractivity contribution in [3.8, 4) is 0 Å². The molecular weight excluding hydrogens is 376 g/mol. The minimum absolute atomic E-state index is 0.00932. The highest BCUT2D eigenvalue weighted by molar-refractivity contribution is 9.11. The molecule has 0 fully saturated rings. The maximum atomic E-state index is 11.9. The molecule has 0 saturated carbocycles. The summed E-state index contributed by atoms with van der Waals surface area (Å²) in [6.07, 6.45) is -0.00516. The summed E-state index contributed by atoms with van der Waals surface area (Å²) in [7, 11) is 0. The summed E-state index contributed by atoms with van der Waals surface area (Å²) in [5, 5.41) is 14.2. The number of carboxylic acid groups (broad SMARTS) is 1. The second kappa shape index (κ2) is 9.87. The number of rotatable bonds is 9. The van der Waals surface area contributed by atoms with Gasteiger partial charge in [0.15, 0.2) is 0 Å². The quantitative estimate of drug-likeness (QED) is 0.597. The van der Waals surface area contributed by atoms with Crippen LogP contribution in [0.3, 0.4) is 0 Å². The normalized spacial score (nSPS) is 12.8. The molecule has 1 rings (SSSR count). The van der Waals surface area contributed by atoms with Crippen LogP contribution in [0.5, 0.6) is 0 Å². The van der Waals surface area contributed by atoms with Gasteiger partial charge < -0.3 is 15.7 Å². The van der Waals surface area contributed by atoms with E-state index in [1.54, 1.807) is 0 Å². The van der Waals surface area contributed by atoms with Gasteiger partial charge in [-0.2, -0.15) is 0 Å². The molecule has 2 atom stereocenters.